The zero-order chi connectivity index (χ0) is 25.4. The number of nitrogens with one attached hydrogen (secondary N) is 1. The SMILES string of the molecule is CCCOc1ccc(C(=O)N/N=C/c2cc(Br)ccc2OS(=O)(=O)c2ccc(Cl)cc2)cc1OC. The maximum Gasteiger partial charge on any atom is 0.339 e. The number of halogens is 2. The topological polar surface area (TPSA) is 103 Å². The van der Waals surface area contributed by atoms with Crippen molar-refractivity contribution in [2.24, 2.45) is 5.10 Å². The van der Waals surface area contributed by atoms with Crippen molar-refractivity contribution in [1.29, 1.82) is 0 Å². The third kappa shape index (κ3) is 7.20. The minimum Gasteiger partial charge on any atom is -0.493 e. The third-order valence-corrected chi connectivity index (χ3v) is 6.52. The minimum atomic E-state index is -4.12. The molecule has 3 rings (SSSR count). The predicted octanol–water partition coefficient (Wildman–Crippen LogP) is 5.43. The van der Waals surface area contributed by atoms with E-state index in [1.807, 2.05) is 6.92 Å². The second kappa shape index (κ2) is 12.1. The lowest BCUT2D eigenvalue weighted by atomic mass is 10.2. The molecule has 1 amide bonds. The summed E-state index contributed by atoms with van der Waals surface area (Å²) in [6.07, 6.45) is 2.12. The van der Waals surface area contributed by atoms with E-state index in [-0.39, 0.29) is 10.6 Å². The van der Waals surface area contributed by atoms with Crippen LogP contribution < -0.4 is 19.1 Å². The number of hydrazone groups is 1. The van der Waals surface area contributed by atoms with E-state index in [2.05, 4.69) is 26.5 Å². The van der Waals surface area contributed by atoms with Crippen LogP contribution in [0.15, 0.2) is 75.1 Å². The lowest BCUT2D eigenvalue weighted by molar-refractivity contribution is 0.0954. The summed E-state index contributed by atoms with van der Waals surface area (Å²) in [6, 6.07) is 15.1. The molecule has 184 valence electrons. The van der Waals surface area contributed by atoms with Gasteiger partial charge in [0.2, 0.25) is 0 Å². The average Bonchev–Trinajstić information content (AvgIpc) is 2.84. The monoisotopic (exact) mass is 580 g/mol. The van der Waals surface area contributed by atoms with Crippen LogP contribution in [0.5, 0.6) is 17.2 Å². The number of methoxy groups -OCH3 is 1. The summed E-state index contributed by atoms with van der Waals surface area (Å²) in [5.41, 5.74) is 3.03. The molecular formula is C24H22BrClN2O6S. The molecule has 0 spiro atoms. The molecule has 0 saturated heterocycles. The first-order valence-corrected chi connectivity index (χ1v) is 12.9. The quantitative estimate of drug-likeness (QED) is 0.195. The van der Waals surface area contributed by atoms with Gasteiger partial charge >= 0.3 is 10.1 Å². The molecule has 0 saturated carbocycles. The molecule has 0 aliphatic rings. The zero-order valence-electron chi connectivity index (χ0n) is 18.8. The first-order chi connectivity index (χ1) is 16.7. The van der Waals surface area contributed by atoms with Gasteiger partial charge < -0.3 is 13.7 Å². The Morgan fingerprint density at radius 2 is 1.77 bits per heavy atom. The van der Waals surface area contributed by atoms with Crippen LogP contribution in [0.4, 0.5) is 0 Å². The lowest BCUT2D eigenvalue weighted by Gasteiger charge is -2.11. The van der Waals surface area contributed by atoms with Gasteiger partial charge in [0.1, 0.15) is 4.90 Å². The van der Waals surface area contributed by atoms with Crippen molar-refractivity contribution < 1.29 is 26.9 Å². The molecule has 0 heterocycles. The highest BCUT2D eigenvalue weighted by molar-refractivity contribution is 9.10. The highest BCUT2D eigenvalue weighted by Gasteiger charge is 2.18. The second-order valence-corrected chi connectivity index (χ2v) is 9.99. The standard InChI is InChI=1S/C24H22BrClN2O6S/c1-3-12-33-22-10-4-16(14-23(22)32-2)24(29)28-27-15-17-13-18(25)5-11-21(17)34-35(30,31)20-8-6-19(26)7-9-20/h4-11,13-15H,3,12H2,1-2H3,(H,28,29)/b27-15+. The van der Waals surface area contributed by atoms with E-state index in [4.69, 9.17) is 25.3 Å². The van der Waals surface area contributed by atoms with Gasteiger partial charge in [0.05, 0.1) is 19.9 Å². The van der Waals surface area contributed by atoms with Crippen LogP contribution in [0.1, 0.15) is 29.3 Å². The lowest BCUT2D eigenvalue weighted by Crippen LogP contribution is -2.18. The van der Waals surface area contributed by atoms with E-state index < -0.39 is 16.0 Å². The number of amides is 1. The van der Waals surface area contributed by atoms with Crippen LogP contribution in [0, 0.1) is 0 Å². The molecule has 0 atom stereocenters. The van der Waals surface area contributed by atoms with Gasteiger partial charge in [0.25, 0.3) is 5.91 Å². The summed E-state index contributed by atoms with van der Waals surface area (Å²) in [5.74, 6) is 0.491. The highest BCUT2D eigenvalue weighted by Crippen LogP contribution is 2.28. The molecular weight excluding hydrogens is 560 g/mol. The van der Waals surface area contributed by atoms with Gasteiger partial charge in [-0.05, 0) is 67.1 Å². The fourth-order valence-corrected chi connectivity index (χ4v) is 4.29. The summed E-state index contributed by atoms with van der Waals surface area (Å²) in [7, 11) is -2.63. The Morgan fingerprint density at radius 1 is 1.06 bits per heavy atom. The Morgan fingerprint density at radius 3 is 2.46 bits per heavy atom. The zero-order valence-corrected chi connectivity index (χ0v) is 22.0. The summed E-state index contributed by atoms with van der Waals surface area (Å²) >= 11 is 9.16. The maximum atomic E-state index is 12.7. The smallest absolute Gasteiger partial charge is 0.339 e. The molecule has 3 aromatic rings. The summed E-state index contributed by atoms with van der Waals surface area (Å²) in [5, 5.41) is 4.35. The first kappa shape index (κ1) is 26.5. The van der Waals surface area contributed by atoms with E-state index in [0.29, 0.717) is 38.7 Å². The van der Waals surface area contributed by atoms with E-state index in [0.717, 1.165) is 6.42 Å². The van der Waals surface area contributed by atoms with Crippen LogP contribution in [0.25, 0.3) is 0 Å². The summed E-state index contributed by atoms with van der Waals surface area (Å²) in [4.78, 5) is 12.5. The molecule has 11 heteroatoms. The number of benzene rings is 3. The normalized spacial score (nSPS) is 11.3. The van der Waals surface area contributed by atoms with Crippen molar-refractivity contribution in [3.8, 4) is 17.2 Å². The van der Waals surface area contributed by atoms with E-state index in [1.54, 1.807) is 30.3 Å². The summed E-state index contributed by atoms with van der Waals surface area (Å²) < 4.78 is 42.2. The van der Waals surface area contributed by atoms with Crippen LogP contribution in [-0.4, -0.2) is 34.3 Å². The van der Waals surface area contributed by atoms with Crippen LogP contribution in [0.3, 0.4) is 0 Å². The highest BCUT2D eigenvalue weighted by atomic mass is 79.9. The van der Waals surface area contributed by atoms with Crippen molar-refractivity contribution in [1.82, 2.24) is 5.43 Å². The van der Waals surface area contributed by atoms with E-state index in [1.165, 1.54) is 43.7 Å². The minimum absolute atomic E-state index is 0.0280. The van der Waals surface area contributed by atoms with Crippen LogP contribution in [-0.2, 0) is 10.1 Å². The van der Waals surface area contributed by atoms with Crippen molar-refractivity contribution in [2.75, 3.05) is 13.7 Å². The number of carbonyl (C=O) groups is 1. The van der Waals surface area contributed by atoms with Gasteiger partial charge in [-0.1, -0.05) is 34.5 Å². The molecule has 35 heavy (non-hydrogen) atoms. The Bertz CT molecular complexity index is 1330. The predicted molar refractivity (Wildman–Crippen MR) is 137 cm³/mol. The van der Waals surface area contributed by atoms with Gasteiger partial charge in [-0.3, -0.25) is 4.79 Å². The maximum absolute atomic E-state index is 12.7. The number of carbonyl (C=O) groups excluding carboxylic acids is 1. The van der Waals surface area contributed by atoms with Crippen LogP contribution >= 0.6 is 27.5 Å². The Labute approximate surface area is 217 Å². The number of ether oxygens (including phenoxy) is 2. The van der Waals surface area contributed by atoms with Gasteiger partial charge in [-0.15, -0.1) is 0 Å². The number of hydrogen-bond acceptors (Lipinski definition) is 7. The van der Waals surface area contributed by atoms with Gasteiger partial charge in [-0.25, -0.2) is 5.43 Å². The number of nitrogens with zero attached hydrogens (tertiary/aromatic N) is 1. The molecule has 0 bridgehead atoms. The molecule has 1 N–H and O–H groups in total. The molecule has 0 aromatic heterocycles. The molecule has 3 aromatic carbocycles. The Hall–Kier alpha value is -3.08. The van der Waals surface area contributed by atoms with Crippen LogP contribution in [0.2, 0.25) is 5.02 Å². The fourth-order valence-electron chi connectivity index (χ4n) is 2.83. The molecule has 0 aliphatic carbocycles. The Kier molecular flexibility index (Phi) is 9.13. The molecule has 0 radical (unpaired) electrons. The van der Waals surface area contributed by atoms with Gasteiger partial charge in [0.15, 0.2) is 17.2 Å². The second-order valence-electron chi connectivity index (χ2n) is 7.09. The molecule has 8 nitrogen and oxygen atoms in total. The largest absolute Gasteiger partial charge is 0.493 e. The number of rotatable bonds is 10. The third-order valence-electron chi connectivity index (χ3n) is 4.53. The van der Waals surface area contributed by atoms with Crippen molar-refractivity contribution >= 4 is 49.8 Å². The van der Waals surface area contributed by atoms with Crippen molar-refractivity contribution in [2.45, 2.75) is 18.2 Å². The summed E-state index contributed by atoms with van der Waals surface area (Å²) in [6.45, 7) is 2.51. The first-order valence-electron chi connectivity index (χ1n) is 10.4. The Balaban J connectivity index is 1.76. The van der Waals surface area contributed by atoms with E-state index in [9.17, 15) is 13.2 Å². The van der Waals surface area contributed by atoms with Crippen molar-refractivity contribution in [3.05, 3.63) is 81.3 Å². The van der Waals surface area contributed by atoms with Gasteiger partial charge in [0, 0.05) is 20.6 Å². The fraction of sp³-hybridized carbons (Fsp3) is 0.167. The average molecular weight is 582 g/mol. The molecule has 0 unspecified atom stereocenters. The van der Waals surface area contributed by atoms with Crippen molar-refractivity contribution in [3.63, 3.8) is 0 Å². The van der Waals surface area contributed by atoms with E-state index >= 15 is 0 Å². The van der Waals surface area contributed by atoms with Gasteiger partial charge in [-0.2, -0.15) is 13.5 Å². The number of hydrogen-bond donors (Lipinski definition) is 1. The molecule has 0 aliphatic heterocycles. The molecule has 0 fully saturated rings.